The Morgan fingerprint density at radius 1 is 1.38 bits per heavy atom. The van der Waals surface area contributed by atoms with Gasteiger partial charge in [-0.1, -0.05) is 37.3 Å². The minimum Gasteiger partial charge on any atom is -0.353 e. The van der Waals surface area contributed by atoms with Crippen LogP contribution in [0.25, 0.3) is 0 Å². The summed E-state index contributed by atoms with van der Waals surface area (Å²) in [5, 5.41) is 4.42. The molecule has 1 aromatic rings. The van der Waals surface area contributed by atoms with Crippen LogP contribution in [0.4, 0.5) is 0 Å². The summed E-state index contributed by atoms with van der Waals surface area (Å²) < 4.78 is 0. The van der Waals surface area contributed by atoms with Gasteiger partial charge in [-0.05, 0) is 18.4 Å². The summed E-state index contributed by atoms with van der Waals surface area (Å²) in [7, 11) is 1.91. The van der Waals surface area contributed by atoms with Crippen molar-refractivity contribution in [3.63, 3.8) is 0 Å². The molecule has 21 heavy (non-hydrogen) atoms. The predicted octanol–water partition coefficient (Wildman–Crippen LogP) is 2.95. The SMILES string of the molecule is CCC1CN(C(=NC)NC2CC2c2ccccc2)CCS1. The lowest BCUT2D eigenvalue weighted by Crippen LogP contribution is -2.48. The lowest BCUT2D eigenvalue weighted by atomic mass is 10.1. The van der Waals surface area contributed by atoms with Gasteiger partial charge in [0.05, 0.1) is 0 Å². The third kappa shape index (κ3) is 3.54. The molecule has 1 aliphatic heterocycles. The zero-order chi connectivity index (χ0) is 14.7. The van der Waals surface area contributed by atoms with Crippen molar-refractivity contribution in [1.82, 2.24) is 10.2 Å². The molecule has 0 radical (unpaired) electrons. The topological polar surface area (TPSA) is 27.6 Å². The largest absolute Gasteiger partial charge is 0.353 e. The fourth-order valence-electron chi connectivity index (χ4n) is 3.04. The van der Waals surface area contributed by atoms with Crippen LogP contribution in [0.2, 0.25) is 0 Å². The van der Waals surface area contributed by atoms with E-state index in [1.807, 2.05) is 7.05 Å². The number of hydrogen-bond acceptors (Lipinski definition) is 2. The molecule has 3 nitrogen and oxygen atoms in total. The molecule has 114 valence electrons. The highest BCUT2D eigenvalue weighted by Gasteiger charge is 2.39. The first kappa shape index (κ1) is 14.8. The van der Waals surface area contributed by atoms with Crippen LogP contribution in [-0.4, -0.2) is 48.0 Å². The highest BCUT2D eigenvalue weighted by Crippen LogP contribution is 2.40. The standard InChI is InChI=1S/C17H25N3S/c1-3-14-12-20(9-10-21-14)17(18-2)19-16-11-15(16)13-7-5-4-6-8-13/h4-8,14-16H,3,9-12H2,1-2H3,(H,18,19). The second kappa shape index (κ2) is 6.73. The monoisotopic (exact) mass is 303 g/mol. The van der Waals surface area contributed by atoms with E-state index in [1.165, 1.54) is 24.2 Å². The van der Waals surface area contributed by atoms with Gasteiger partial charge in [0.1, 0.15) is 0 Å². The van der Waals surface area contributed by atoms with Crippen molar-refractivity contribution < 1.29 is 0 Å². The van der Waals surface area contributed by atoms with Crippen LogP contribution in [0.5, 0.6) is 0 Å². The average Bonchev–Trinajstić information content (AvgIpc) is 3.33. The van der Waals surface area contributed by atoms with Gasteiger partial charge in [-0.3, -0.25) is 4.99 Å². The third-order valence-electron chi connectivity index (χ3n) is 4.44. The zero-order valence-corrected chi connectivity index (χ0v) is 13.8. The molecular formula is C17H25N3S. The van der Waals surface area contributed by atoms with Crippen LogP contribution in [0.15, 0.2) is 35.3 Å². The quantitative estimate of drug-likeness (QED) is 0.687. The van der Waals surface area contributed by atoms with E-state index in [0.29, 0.717) is 12.0 Å². The summed E-state index contributed by atoms with van der Waals surface area (Å²) in [6.45, 7) is 4.52. The van der Waals surface area contributed by atoms with Crippen molar-refractivity contribution in [1.29, 1.82) is 0 Å². The normalized spacial score (nSPS) is 29.3. The van der Waals surface area contributed by atoms with Gasteiger partial charge in [0.25, 0.3) is 0 Å². The van der Waals surface area contributed by atoms with Crippen LogP contribution >= 0.6 is 11.8 Å². The second-order valence-corrected chi connectivity index (χ2v) is 7.31. The van der Waals surface area contributed by atoms with Crippen LogP contribution in [0.1, 0.15) is 31.2 Å². The molecule has 1 saturated heterocycles. The number of thioether (sulfide) groups is 1. The van der Waals surface area contributed by atoms with Crippen LogP contribution in [-0.2, 0) is 0 Å². The Morgan fingerprint density at radius 2 is 2.19 bits per heavy atom. The van der Waals surface area contributed by atoms with E-state index in [9.17, 15) is 0 Å². The molecule has 0 bridgehead atoms. The maximum atomic E-state index is 4.51. The molecule has 1 aliphatic carbocycles. The van der Waals surface area contributed by atoms with E-state index in [0.717, 1.165) is 24.3 Å². The van der Waals surface area contributed by atoms with E-state index in [-0.39, 0.29) is 0 Å². The molecule has 2 fully saturated rings. The summed E-state index contributed by atoms with van der Waals surface area (Å²) in [5.41, 5.74) is 1.45. The summed E-state index contributed by atoms with van der Waals surface area (Å²) in [6, 6.07) is 11.4. The van der Waals surface area contributed by atoms with E-state index >= 15 is 0 Å². The van der Waals surface area contributed by atoms with Crippen molar-refractivity contribution in [3.05, 3.63) is 35.9 Å². The Kier molecular flexibility index (Phi) is 4.73. The molecule has 3 rings (SSSR count). The first-order valence-corrected chi connectivity index (χ1v) is 9.01. The van der Waals surface area contributed by atoms with Gasteiger partial charge in [-0.25, -0.2) is 0 Å². The van der Waals surface area contributed by atoms with Crippen molar-refractivity contribution >= 4 is 17.7 Å². The highest BCUT2D eigenvalue weighted by molar-refractivity contribution is 8.00. The van der Waals surface area contributed by atoms with Crippen molar-refractivity contribution in [3.8, 4) is 0 Å². The molecule has 0 amide bonds. The summed E-state index contributed by atoms with van der Waals surface area (Å²) in [4.78, 5) is 6.95. The molecule has 4 heteroatoms. The average molecular weight is 303 g/mol. The number of benzene rings is 1. The van der Waals surface area contributed by atoms with Gasteiger partial charge in [-0.2, -0.15) is 11.8 Å². The molecule has 0 spiro atoms. The minimum absolute atomic E-state index is 0.556. The van der Waals surface area contributed by atoms with Crippen molar-refractivity contribution in [2.45, 2.75) is 37.0 Å². The Bertz CT molecular complexity index is 488. The van der Waals surface area contributed by atoms with E-state index < -0.39 is 0 Å². The number of nitrogens with zero attached hydrogens (tertiary/aromatic N) is 2. The van der Waals surface area contributed by atoms with Crippen molar-refractivity contribution in [2.75, 3.05) is 25.9 Å². The molecule has 1 saturated carbocycles. The molecule has 0 aromatic heterocycles. The molecule has 3 unspecified atom stereocenters. The first-order valence-electron chi connectivity index (χ1n) is 7.96. The number of nitrogens with one attached hydrogen (secondary N) is 1. The van der Waals surface area contributed by atoms with Crippen LogP contribution in [0, 0.1) is 0 Å². The number of aliphatic imine (C=N–C) groups is 1. The summed E-state index contributed by atoms with van der Waals surface area (Å²) in [5.74, 6) is 2.97. The second-order valence-electron chi connectivity index (χ2n) is 5.90. The Morgan fingerprint density at radius 3 is 2.90 bits per heavy atom. The lowest BCUT2D eigenvalue weighted by molar-refractivity contribution is 0.407. The molecule has 3 atom stereocenters. The van der Waals surface area contributed by atoms with Gasteiger partial charge < -0.3 is 10.2 Å². The van der Waals surface area contributed by atoms with Crippen LogP contribution < -0.4 is 5.32 Å². The number of hydrogen-bond donors (Lipinski definition) is 1. The predicted molar refractivity (Wildman–Crippen MR) is 92.2 cm³/mol. The summed E-state index contributed by atoms with van der Waals surface area (Å²) in [6.07, 6.45) is 2.47. The molecule has 1 aromatic carbocycles. The van der Waals surface area contributed by atoms with Gasteiger partial charge in [0.2, 0.25) is 0 Å². The van der Waals surface area contributed by atoms with E-state index in [1.54, 1.807) is 0 Å². The lowest BCUT2D eigenvalue weighted by Gasteiger charge is -2.34. The Hall–Kier alpha value is -1.16. The van der Waals surface area contributed by atoms with Gasteiger partial charge in [0, 0.05) is 43.1 Å². The Balaban J connectivity index is 1.57. The minimum atomic E-state index is 0.556. The van der Waals surface area contributed by atoms with Gasteiger partial charge in [0.15, 0.2) is 5.96 Å². The Labute approximate surface area is 132 Å². The number of guanidine groups is 1. The van der Waals surface area contributed by atoms with Crippen molar-refractivity contribution in [2.24, 2.45) is 4.99 Å². The van der Waals surface area contributed by atoms with Gasteiger partial charge in [-0.15, -0.1) is 0 Å². The first-order chi connectivity index (χ1) is 10.3. The third-order valence-corrected chi connectivity index (χ3v) is 5.81. The maximum Gasteiger partial charge on any atom is 0.193 e. The van der Waals surface area contributed by atoms with Gasteiger partial charge >= 0.3 is 0 Å². The van der Waals surface area contributed by atoms with E-state index in [2.05, 4.69) is 64.2 Å². The van der Waals surface area contributed by atoms with Crippen LogP contribution in [0.3, 0.4) is 0 Å². The molecule has 2 aliphatic rings. The molecule has 1 N–H and O–H groups in total. The molecule has 1 heterocycles. The fourth-order valence-corrected chi connectivity index (χ4v) is 4.23. The summed E-state index contributed by atoms with van der Waals surface area (Å²) >= 11 is 2.10. The number of rotatable bonds is 3. The smallest absolute Gasteiger partial charge is 0.193 e. The highest BCUT2D eigenvalue weighted by atomic mass is 32.2. The van der Waals surface area contributed by atoms with E-state index in [4.69, 9.17) is 0 Å². The zero-order valence-electron chi connectivity index (χ0n) is 13.0. The maximum absolute atomic E-state index is 4.51. The molecular weight excluding hydrogens is 278 g/mol. The fraction of sp³-hybridized carbons (Fsp3) is 0.588.